The minimum absolute atomic E-state index is 0.0410. The first-order chi connectivity index (χ1) is 22.5. The molecule has 0 saturated carbocycles. The van der Waals surface area contributed by atoms with Gasteiger partial charge < -0.3 is 15.4 Å². The molecule has 47 heavy (non-hydrogen) atoms. The number of aromatic nitrogens is 8. The Morgan fingerprint density at radius 2 is 1.81 bits per heavy atom. The second-order valence-electron chi connectivity index (χ2n) is 10.5. The first-order valence-corrected chi connectivity index (χ1v) is 14.9. The van der Waals surface area contributed by atoms with Gasteiger partial charge in [0.05, 0.1) is 36.2 Å². The van der Waals surface area contributed by atoms with Crippen LogP contribution in [0.25, 0.3) is 16.9 Å². The highest BCUT2D eigenvalue weighted by Gasteiger charge is 2.26. The zero-order chi connectivity index (χ0) is 33.7. The number of hydrogen-bond donors (Lipinski definition) is 3. The van der Waals surface area contributed by atoms with Crippen LogP contribution in [0.1, 0.15) is 36.0 Å². The number of halogens is 2. The van der Waals surface area contributed by atoms with Crippen LogP contribution in [0.5, 0.6) is 0 Å². The van der Waals surface area contributed by atoms with Gasteiger partial charge in [0.25, 0.3) is 0 Å². The number of carbonyl (C=O) groups is 3. The normalized spacial score (nSPS) is 11.6. The van der Waals surface area contributed by atoms with E-state index in [1.54, 1.807) is 62.6 Å². The second-order valence-corrected chi connectivity index (χ2v) is 11.3. The Morgan fingerprint density at radius 1 is 1.04 bits per heavy atom. The van der Waals surface area contributed by atoms with Crippen molar-refractivity contribution >= 4 is 52.6 Å². The molecule has 0 aliphatic heterocycles. The maximum absolute atomic E-state index is 13.4. The highest BCUT2D eigenvalue weighted by Crippen LogP contribution is 2.30. The maximum Gasteiger partial charge on any atom is 0.411 e. The number of imidazole rings is 1. The number of carbonyl (C=O) groups excluding carboxylic acids is 2. The number of rotatable bonds is 11. The average molecular weight is 679 g/mol. The first-order valence-electron chi connectivity index (χ1n) is 14.2. The largest absolute Gasteiger partial charge is 0.465 e. The van der Waals surface area contributed by atoms with E-state index in [1.165, 1.54) is 29.2 Å². The zero-order valence-corrected chi connectivity index (χ0v) is 26.9. The van der Waals surface area contributed by atoms with Crippen molar-refractivity contribution in [3.05, 3.63) is 88.4 Å². The Morgan fingerprint density at radius 3 is 2.47 bits per heavy atom. The third-order valence-corrected chi connectivity index (χ3v) is 7.79. The number of aryl methyl sites for hydroxylation is 2. The number of nitrogens with zero attached hydrogens (tertiary/aromatic N) is 9. The van der Waals surface area contributed by atoms with Gasteiger partial charge >= 0.3 is 6.09 Å². The molecule has 15 nitrogen and oxygen atoms in total. The highest BCUT2D eigenvalue weighted by molar-refractivity contribution is 6.32. The summed E-state index contributed by atoms with van der Waals surface area (Å²) in [5.41, 5.74) is 3.52. The lowest BCUT2D eigenvalue weighted by Crippen LogP contribution is -2.35. The smallest absolute Gasteiger partial charge is 0.411 e. The summed E-state index contributed by atoms with van der Waals surface area (Å²) in [6.45, 7) is 1.79. The lowest BCUT2D eigenvalue weighted by Gasteiger charge is -2.21. The Kier molecular flexibility index (Phi) is 10.1. The van der Waals surface area contributed by atoms with Gasteiger partial charge in [-0.15, -0.1) is 5.10 Å². The van der Waals surface area contributed by atoms with Gasteiger partial charge in [-0.25, -0.2) is 19.4 Å². The van der Waals surface area contributed by atoms with Crippen molar-refractivity contribution in [2.75, 3.05) is 23.9 Å². The van der Waals surface area contributed by atoms with Gasteiger partial charge in [-0.1, -0.05) is 35.3 Å². The van der Waals surface area contributed by atoms with Crippen molar-refractivity contribution in [3.63, 3.8) is 0 Å². The first kappa shape index (κ1) is 33.0. The quantitative estimate of drug-likeness (QED) is 0.181. The number of amides is 3. The molecule has 3 heterocycles. The van der Waals surface area contributed by atoms with Gasteiger partial charge in [0, 0.05) is 36.8 Å². The lowest BCUT2D eigenvalue weighted by atomic mass is 10.1. The number of H-pyrrole nitrogens is 1. The number of benzene rings is 2. The maximum atomic E-state index is 13.4. The number of aromatic amines is 1. The van der Waals surface area contributed by atoms with Gasteiger partial charge in [0.2, 0.25) is 11.8 Å². The van der Waals surface area contributed by atoms with Crippen LogP contribution in [0, 0.1) is 6.92 Å². The molecule has 17 heteroatoms. The lowest BCUT2D eigenvalue weighted by molar-refractivity contribution is -0.122. The molecular formula is C30H29Cl2N11O4. The van der Waals surface area contributed by atoms with Gasteiger partial charge in [0.15, 0.2) is 5.82 Å². The van der Waals surface area contributed by atoms with Crippen LogP contribution < -0.4 is 15.1 Å². The van der Waals surface area contributed by atoms with E-state index in [0.29, 0.717) is 45.6 Å². The minimum Gasteiger partial charge on any atom is -0.465 e. The van der Waals surface area contributed by atoms with E-state index >= 15 is 0 Å². The van der Waals surface area contributed by atoms with Crippen molar-refractivity contribution < 1.29 is 19.5 Å². The van der Waals surface area contributed by atoms with Crippen molar-refractivity contribution in [2.24, 2.45) is 0 Å². The van der Waals surface area contributed by atoms with Crippen molar-refractivity contribution in [1.29, 1.82) is 0 Å². The molecule has 5 aromatic rings. The number of tetrazole rings is 1. The van der Waals surface area contributed by atoms with E-state index < -0.39 is 12.1 Å². The van der Waals surface area contributed by atoms with Crippen molar-refractivity contribution in [1.82, 2.24) is 45.5 Å². The molecule has 0 radical (unpaired) electrons. The predicted molar refractivity (Wildman–Crippen MR) is 174 cm³/mol. The van der Waals surface area contributed by atoms with E-state index in [-0.39, 0.29) is 35.6 Å². The number of hydrogen-bond acceptors (Lipinski definition) is 9. The number of nitrogens with one attached hydrogen (secondary N) is 2. The number of carboxylic acid groups (broad SMARTS) is 1. The van der Waals surface area contributed by atoms with Gasteiger partial charge in [-0.05, 0) is 59.7 Å². The molecule has 0 fully saturated rings. The van der Waals surface area contributed by atoms with Crippen LogP contribution in [0.3, 0.4) is 0 Å². The van der Waals surface area contributed by atoms with Gasteiger partial charge in [0.1, 0.15) is 23.0 Å². The molecule has 0 unspecified atom stereocenters. The van der Waals surface area contributed by atoms with E-state index in [4.69, 9.17) is 23.2 Å². The fraction of sp³-hybridized carbons (Fsp3) is 0.233. The molecule has 3 aromatic heterocycles. The standard InChI is InChI=1S/C30H29Cl2N11O4/c1-17-14-34-24(15-33-17)42(3)26(45)13-22(29-37-27(28(32)38-29)18-4-8-21(9-5-18)41(2)30(46)47)36-25(44)11-6-19-12-20(31)7-10-23(19)43-16-35-39-40-43/h4-5,7-10,12,14-16,22H,6,11,13H2,1-3H3,(H,36,44)(H,37,38)(H,46,47)/t22-/m0/s1. The molecular weight excluding hydrogens is 649 g/mol. The van der Waals surface area contributed by atoms with Crippen LogP contribution in [0.15, 0.2) is 61.2 Å². The summed E-state index contributed by atoms with van der Waals surface area (Å²) < 4.78 is 1.48. The summed E-state index contributed by atoms with van der Waals surface area (Å²) in [5, 5.41) is 24.1. The Bertz CT molecular complexity index is 1880. The van der Waals surface area contributed by atoms with Crippen LogP contribution in [-0.2, 0) is 16.0 Å². The third kappa shape index (κ3) is 7.88. The Balaban J connectivity index is 1.39. The average Bonchev–Trinajstić information content (AvgIpc) is 3.73. The molecule has 0 aliphatic carbocycles. The van der Waals surface area contributed by atoms with E-state index in [0.717, 1.165) is 10.5 Å². The monoisotopic (exact) mass is 677 g/mol. The van der Waals surface area contributed by atoms with Gasteiger partial charge in [-0.2, -0.15) is 0 Å². The van der Waals surface area contributed by atoms with E-state index in [9.17, 15) is 19.5 Å². The van der Waals surface area contributed by atoms with Crippen LogP contribution in [0.2, 0.25) is 10.2 Å². The molecule has 0 aliphatic rings. The van der Waals surface area contributed by atoms with Crippen LogP contribution >= 0.6 is 23.2 Å². The molecule has 0 saturated heterocycles. The van der Waals surface area contributed by atoms with E-state index in [2.05, 4.69) is 40.8 Å². The summed E-state index contributed by atoms with van der Waals surface area (Å²) in [6, 6.07) is 10.9. The summed E-state index contributed by atoms with van der Waals surface area (Å²) in [5.74, 6) is -0.136. The zero-order valence-electron chi connectivity index (χ0n) is 25.4. The molecule has 5 rings (SSSR count). The third-order valence-electron chi connectivity index (χ3n) is 7.28. The Labute approximate surface area is 278 Å². The highest BCUT2D eigenvalue weighted by atomic mass is 35.5. The predicted octanol–water partition coefficient (Wildman–Crippen LogP) is 4.42. The molecule has 242 valence electrons. The molecule has 0 spiro atoms. The van der Waals surface area contributed by atoms with Crippen molar-refractivity contribution in [2.45, 2.75) is 32.2 Å². The van der Waals surface area contributed by atoms with Crippen LogP contribution in [-0.4, -0.2) is 77.3 Å². The Hall–Kier alpha value is -5.41. The fourth-order valence-corrected chi connectivity index (χ4v) is 5.10. The second kappa shape index (κ2) is 14.3. The SMILES string of the molecule is Cc1cnc(N(C)C(=O)C[C@H](NC(=O)CCc2cc(Cl)ccc2-n2cnnn2)c2nc(-c3ccc(N(C)C(=O)O)cc3)c(Cl)[nH]2)cn1. The van der Waals surface area contributed by atoms with Crippen molar-refractivity contribution in [3.8, 4) is 16.9 Å². The summed E-state index contributed by atoms with van der Waals surface area (Å²) >= 11 is 12.8. The summed E-state index contributed by atoms with van der Waals surface area (Å²) in [7, 11) is 3.00. The molecule has 3 amide bonds. The minimum atomic E-state index is -1.11. The van der Waals surface area contributed by atoms with Gasteiger partial charge in [-0.3, -0.25) is 24.4 Å². The van der Waals surface area contributed by atoms with Crippen LogP contribution in [0.4, 0.5) is 16.3 Å². The molecule has 2 aromatic carbocycles. The molecule has 3 N–H and O–H groups in total. The number of anilines is 2. The fourth-order valence-electron chi connectivity index (χ4n) is 4.66. The topological polar surface area (TPSA) is 188 Å². The van der Waals surface area contributed by atoms with E-state index in [1.807, 2.05) is 0 Å². The molecule has 1 atom stereocenters. The summed E-state index contributed by atoms with van der Waals surface area (Å²) in [6.07, 6.45) is 3.53. The summed E-state index contributed by atoms with van der Waals surface area (Å²) in [4.78, 5) is 56.7. The molecule has 0 bridgehead atoms.